The molecule has 130 valence electrons. The molecule has 0 heterocycles. The number of amides is 1. The number of nitrogens with one attached hydrogen (secondary N) is 3. The summed E-state index contributed by atoms with van der Waals surface area (Å²) in [4.78, 5) is 22.6. The van der Waals surface area contributed by atoms with Gasteiger partial charge in [-0.15, -0.1) is 0 Å². The Morgan fingerprint density at radius 1 is 1.12 bits per heavy atom. The minimum Gasteiger partial charge on any atom is -0.355 e. The molecule has 0 aliphatic rings. The summed E-state index contributed by atoms with van der Waals surface area (Å²) in [6.45, 7) is 3.47. The first kappa shape index (κ1) is 18.3. The van der Waals surface area contributed by atoms with E-state index in [1.165, 1.54) is 25.1 Å². The van der Waals surface area contributed by atoms with Crippen molar-refractivity contribution in [1.82, 2.24) is 16.2 Å². The Labute approximate surface area is 150 Å². The summed E-state index contributed by atoms with van der Waals surface area (Å²) in [6, 6.07) is 14.0. The molecule has 2 aromatic rings. The lowest BCUT2D eigenvalue weighted by atomic mass is 10.1. The highest BCUT2D eigenvalue weighted by Gasteiger charge is 2.18. The summed E-state index contributed by atoms with van der Waals surface area (Å²) in [7, 11) is 0. The zero-order valence-corrected chi connectivity index (χ0v) is 14.6. The first-order valence-electron chi connectivity index (χ1n) is 7.56. The molecule has 2 rings (SSSR count). The SMILES string of the molecule is Cc1c(C(=O)NNC(=S)N[C@H](C)c2ccccc2)cccc1[N+](=O)[O-]. The molecular formula is C17H18N4O3S. The molecule has 3 N–H and O–H groups in total. The second-order valence-corrected chi connectivity index (χ2v) is 5.80. The van der Waals surface area contributed by atoms with Crippen molar-refractivity contribution in [1.29, 1.82) is 0 Å². The number of hydrazine groups is 1. The number of nitro benzene ring substituents is 1. The summed E-state index contributed by atoms with van der Waals surface area (Å²) in [5.74, 6) is -0.502. The Balaban J connectivity index is 1.95. The van der Waals surface area contributed by atoms with Crippen molar-refractivity contribution < 1.29 is 9.72 Å². The number of nitro groups is 1. The van der Waals surface area contributed by atoms with Crippen LogP contribution in [-0.4, -0.2) is 15.9 Å². The van der Waals surface area contributed by atoms with Gasteiger partial charge in [0.25, 0.3) is 11.6 Å². The van der Waals surface area contributed by atoms with Gasteiger partial charge in [-0.05, 0) is 37.7 Å². The maximum Gasteiger partial charge on any atom is 0.273 e. The molecule has 8 heteroatoms. The molecule has 2 aromatic carbocycles. The smallest absolute Gasteiger partial charge is 0.273 e. The van der Waals surface area contributed by atoms with Crippen molar-refractivity contribution in [2.75, 3.05) is 0 Å². The number of hydrogen-bond donors (Lipinski definition) is 3. The van der Waals surface area contributed by atoms with Gasteiger partial charge >= 0.3 is 0 Å². The quantitative estimate of drug-likeness (QED) is 0.442. The first-order valence-corrected chi connectivity index (χ1v) is 7.96. The lowest BCUT2D eigenvalue weighted by Gasteiger charge is -2.18. The zero-order chi connectivity index (χ0) is 18.4. The van der Waals surface area contributed by atoms with Crippen LogP contribution in [0.4, 0.5) is 5.69 Å². The normalized spacial score (nSPS) is 11.3. The van der Waals surface area contributed by atoms with Gasteiger partial charge in [-0.2, -0.15) is 0 Å². The third-order valence-electron chi connectivity index (χ3n) is 3.68. The van der Waals surface area contributed by atoms with Crippen LogP contribution in [0.2, 0.25) is 0 Å². The minimum absolute atomic E-state index is 0.0438. The summed E-state index contributed by atoms with van der Waals surface area (Å²) in [5, 5.41) is 14.2. The van der Waals surface area contributed by atoms with Gasteiger partial charge in [0, 0.05) is 11.6 Å². The van der Waals surface area contributed by atoms with Gasteiger partial charge < -0.3 is 5.32 Å². The molecule has 0 fully saturated rings. The average molecular weight is 358 g/mol. The van der Waals surface area contributed by atoms with Crippen molar-refractivity contribution in [2.24, 2.45) is 0 Å². The van der Waals surface area contributed by atoms with Crippen molar-refractivity contribution in [2.45, 2.75) is 19.9 Å². The molecule has 0 aliphatic carbocycles. The molecule has 0 aliphatic heterocycles. The fraction of sp³-hybridized carbons (Fsp3) is 0.176. The van der Waals surface area contributed by atoms with Gasteiger partial charge in [0.05, 0.1) is 16.5 Å². The van der Waals surface area contributed by atoms with Gasteiger partial charge in [-0.1, -0.05) is 36.4 Å². The van der Waals surface area contributed by atoms with Crippen molar-refractivity contribution in [3.8, 4) is 0 Å². The van der Waals surface area contributed by atoms with Gasteiger partial charge in [-0.25, -0.2) is 0 Å². The van der Waals surface area contributed by atoms with Crippen molar-refractivity contribution >= 4 is 28.9 Å². The summed E-state index contributed by atoms with van der Waals surface area (Å²) in [6.07, 6.45) is 0. The molecule has 1 atom stereocenters. The molecule has 25 heavy (non-hydrogen) atoms. The van der Waals surface area contributed by atoms with Gasteiger partial charge in [0.15, 0.2) is 5.11 Å². The Bertz CT molecular complexity index is 796. The molecule has 0 radical (unpaired) electrons. The number of thiocarbonyl (C=S) groups is 1. The number of nitrogens with zero attached hydrogens (tertiary/aromatic N) is 1. The Morgan fingerprint density at radius 3 is 2.44 bits per heavy atom. The second kappa shape index (κ2) is 8.20. The highest BCUT2D eigenvalue weighted by molar-refractivity contribution is 7.80. The van der Waals surface area contributed by atoms with E-state index in [4.69, 9.17) is 12.2 Å². The predicted molar refractivity (Wildman–Crippen MR) is 99.0 cm³/mol. The zero-order valence-electron chi connectivity index (χ0n) is 13.8. The summed E-state index contributed by atoms with van der Waals surface area (Å²) in [5.41, 5.74) is 6.50. The monoisotopic (exact) mass is 358 g/mol. The Kier molecular flexibility index (Phi) is 6.02. The number of benzene rings is 2. The fourth-order valence-electron chi connectivity index (χ4n) is 2.31. The van der Waals surface area contributed by atoms with E-state index >= 15 is 0 Å². The summed E-state index contributed by atoms with van der Waals surface area (Å²) < 4.78 is 0. The number of carbonyl (C=O) groups is 1. The maximum atomic E-state index is 12.2. The van der Waals surface area contributed by atoms with Crippen LogP contribution in [0.1, 0.15) is 34.5 Å². The molecule has 0 bridgehead atoms. The molecule has 0 spiro atoms. The predicted octanol–water partition coefficient (Wildman–Crippen LogP) is 2.77. The lowest BCUT2D eigenvalue weighted by molar-refractivity contribution is -0.385. The van der Waals surface area contributed by atoms with Gasteiger partial charge in [0.1, 0.15) is 0 Å². The van der Waals surface area contributed by atoms with Crippen molar-refractivity contribution in [3.05, 3.63) is 75.3 Å². The van der Waals surface area contributed by atoms with Crippen LogP contribution in [-0.2, 0) is 0 Å². The van der Waals surface area contributed by atoms with Crippen LogP contribution < -0.4 is 16.2 Å². The largest absolute Gasteiger partial charge is 0.355 e. The highest BCUT2D eigenvalue weighted by Crippen LogP contribution is 2.20. The van der Waals surface area contributed by atoms with Crippen LogP contribution in [0.25, 0.3) is 0 Å². The molecule has 0 saturated heterocycles. The number of rotatable bonds is 4. The van der Waals surface area contributed by atoms with E-state index in [0.29, 0.717) is 5.56 Å². The van der Waals surface area contributed by atoms with E-state index in [1.54, 1.807) is 0 Å². The molecule has 0 saturated carbocycles. The van der Waals surface area contributed by atoms with E-state index in [0.717, 1.165) is 5.56 Å². The second-order valence-electron chi connectivity index (χ2n) is 5.39. The number of hydrogen-bond acceptors (Lipinski definition) is 4. The molecule has 0 aromatic heterocycles. The lowest BCUT2D eigenvalue weighted by Crippen LogP contribution is -2.47. The Morgan fingerprint density at radius 2 is 1.80 bits per heavy atom. The average Bonchev–Trinajstić information content (AvgIpc) is 2.60. The van der Waals surface area contributed by atoms with Gasteiger partial charge in [-0.3, -0.25) is 25.8 Å². The van der Waals surface area contributed by atoms with Crippen LogP contribution in [0.3, 0.4) is 0 Å². The van der Waals surface area contributed by atoms with E-state index in [2.05, 4.69) is 16.2 Å². The standard InChI is InChI=1S/C17H18N4O3S/c1-11-14(9-6-10-15(11)21(23)24)16(22)19-20-17(25)18-12(2)13-7-4-3-5-8-13/h3-10,12H,1-2H3,(H,19,22)(H2,18,20,25)/t12-/m1/s1. The third kappa shape index (κ3) is 4.74. The molecule has 1 amide bonds. The Hall–Kier alpha value is -3.00. The van der Waals surface area contributed by atoms with Crippen LogP contribution in [0.5, 0.6) is 0 Å². The van der Waals surface area contributed by atoms with E-state index in [9.17, 15) is 14.9 Å². The van der Waals surface area contributed by atoms with E-state index in [-0.39, 0.29) is 22.4 Å². The topological polar surface area (TPSA) is 96.3 Å². The molecule has 7 nitrogen and oxygen atoms in total. The molecular weight excluding hydrogens is 340 g/mol. The van der Waals surface area contributed by atoms with E-state index < -0.39 is 10.8 Å². The van der Waals surface area contributed by atoms with E-state index in [1.807, 2.05) is 37.3 Å². The van der Waals surface area contributed by atoms with Crippen molar-refractivity contribution in [3.63, 3.8) is 0 Å². The highest BCUT2D eigenvalue weighted by atomic mass is 32.1. The van der Waals surface area contributed by atoms with Gasteiger partial charge in [0.2, 0.25) is 0 Å². The van der Waals surface area contributed by atoms with Crippen LogP contribution in [0.15, 0.2) is 48.5 Å². The van der Waals surface area contributed by atoms with Crippen LogP contribution >= 0.6 is 12.2 Å². The first-order chi connectivity index (χ1) is 11.9. The maximum absolute atomic E-state index is 12.2. The third-order valence-corrected chi connectivity index (χ3v) is 3.90. The fourth-order valence-corrected chi connectivity index (χ4v) is 2.53. The molecule has 0 unspecified atom stereocenters. The summed E-state index contributed by atoms with van der Waals surface area (Å²) >= 11 is 5.15. The number of carbonyl (C=O) groups excluding carboxylic acids is 1. The minimum atomic E-state index is -0.521. The van der Waals surface area contributed by atoms with Crippen LogP contribution in [0, 0.1) is 17.0 Å².